The number of carbonyl (C=O) groups is 2. The molecular weight excluding hydrogens is 380 g/mol. The van der Waals surface area contributed by atoms with Gasteiger partial charge in [0.2, 0.25) is 5.91 Å². The van der Waals surface area contributed by atoms with Gasteiger partial charge in [-0.25, -0.2) is 0 Å². The van der Waals surface area contributed by atoms with E-state index in [-0.39, 0.29) is 24.8 Å². The van der Waals surface area contributed by atoms with Crippen molar-refractivity contribution in [3.05, 3.63) is 66.2 Å². The zero-order valence-electron chi connectivity index (χ0n) is 17.1. The van der Waals surface area contributed by atoms with E-state index in [1.54, 1.807) is 24.0 Å². The standard InChI is InChI=1S/C24H24N2O4/c1-25(15-17-7-8-19-14-20(29-2)10-9-18(19)13-17)23(27)11-12-26-21-5-3-4-6-22(21)30-16-24(26)28/h3-10,13-14H,11-12,15-16H2,1-2H3. The van der Waals surface area contributed by atoms with E-state index in [0.29, 0.717) is 24.5 Å². The van der Waals surface area contributed by atoms with E-state index in [1.165, 1.54) is 0 Å². The molecule has 0 radical (unpaired) electrons. The van der Waals surface area contributed by atoms with Gasteiger partial charge in [0.25, 0.3) is 5.91 Å². The molecule has 1 aliphatic heterocycles. The second-order valence-electron chi connectivity index (χ2n) is 7.35. The highest BCUT2D eigenvalue weighted by atomic mass is 16.5. The van der Waals surface area contributed by atoms with Gasteiger partial charge in [-0.3, -0.25) is 9.59 Å². The third-order valence-corrected chi connectivity index (χ3v) is 5.31. The van der Waals surface area contributed by atoms with Crippen molar-refractivity contribution < 1.29 is 19.1 Å². The van der Waals surface area contributed by atoms with E-state index in [4.69, 9.17) is 9.47 Å². The summed E-state index contributed by atoms with van der Waals surface area (Å²) in [7, 11) is 3.44. The topological polar surface area (TPSA) is 59.1 Å². The van der Waals surface area contributed by atoms with Gasteiger partial charge in [0.15, 0.2) is 6.61 Å². The molecule has 0 atom stereocenters. The van der Waals surface area contributed by atoms with Crippen molar-refractivity contribution in [3.8, 4) is 11.5 Å². The number of carbonyl (C=O) groups excluding carboxylic acids is 2. The fraction of sp³-hybridized carbons (Fsp3) is 0.250. The van der Waals surface area contributed by atoms with Crippen molar-refractivity contribution in [2.24, 2.45) is 0 Å². The van der Waals surface area contributed by atoms with Gasteiger partial charge in [-0.15, -0.1) is 0 Å². The molecule has 6 heteroatoms. The number of para-hydroxylation sites is 2. The fourth-order valence-corrected chi connectivity index (χ4v) is 3.66. The normalized spacial score (nSPS) is 13.0. The largest absolute Gasteiger partial charge is 0.497 e. The average Bonchev–Trinajstić information content (AvgIpc) is 2.77. The highest BCUT2D eigenvalue weighted by Crippen LogP contribution is 2.31. The Balaban J connectivity index is 1.40. The molecule has 0 saturated carbocycles. The number of fused-ring (bicyclic) bond motifs is 2. The van der Waals surface area contributed by atoms with Crippen LogP contribution in [0.3, 0.4) is 0 Å². The van der Waals surface area contributed by atoms with Crippen molar-refractivity contribution in [3.63, 3.8) is 0 Å². The van der Waals surface area contributed by atoms with Crippen LogP contribution in [-0.2, 0) is 16.1 Å². The first-order valence-corrected chi connectivity index (χ1v) is 9.88. The Kier molecular flexibility index (Phi) is 5.57. The minimum atomic E-state index is -0.130. The van der Waals surface area contributed by atoms with Gasteiger partial charge in [-0.05, 0) is 46.7 Å². The number of anilines is 1. The van der Waals surface area contributed by atoms with Crippen molar-refractivity contribution in [1.29, 1.82) is 0 Å². The molecule has 1 aliphatic rings. The number of rotatable bonds is 6. The Bertz CT molecular complexity index is 1100. The Hall–Kier alpha value is -3.54. The van der Waals surface area contributed by atoms with Gasteiger partial charge >= 0.3 is 0 Å². The van der Waals surface area contributed by atoms with Gasteiger partial charge < -0.3 is 19.3 Å². The molecule has 0 unspecified atom stereocenters. The molecule has 2 amide bonds. The summed E-state index contributed by atoms with van der Waals surface area (Å²) in [6, 6.07) is 19.5. The van der Waals surface area contributed by atoms with Gasteiger partial charge in [0.05, 0.1) is 12.8 Å². The maximum absolute atomic E-state index is 12.7. The quantitative estimate of drug-likeness (QED) is 0.630. The first-order valence-electron chi connectivity index (χ1n) is 9.88. The Morgan fingerprint density at radius 3 is 2.70 bits per heavy atom. The summed E-state index contributed by atoms with van der Waals surface area (Å²) in [6.07, 6.45) is 0.251. The van der Waals surface area contributed by atoms with E-state index in [1.807, 2.05) is 54.6 Å². The number of benzene rings is 3. The molecule has 0 fully saturated rings. The van der Waals surface area contributed by atoms with E-state index in [2.05, 4.69) is 6.07 Å². The summed E-state index contributed by atoms with van der Waals surface area (Å²) in [5.41, 5.74) is 1.77. The Morgan fingerprint density at radius 1 is 1.10 bits per heavy atom. The van der Waals surface area contributed by atoms with Crippen LogP contribution < -0.4 is 14.4 Å². The van der Waals surface area contributed by atoms with Crippen LogP contribution >= 0.6 is 0 Å². The van der Waals surface area contributed by atoms with Crippen LogP contribution in [0.15, 0.2) is 60.7 Å². The minimum absolute atomic E-state index is 0.00290. The number of hydrogen-bond acceptors (Lipinski definition) is 4. The summed E-state index contributed by atoms with van der Waals surface area (Å²) >= 11 is 0. The number of methoxy groups -OCH3 is 1. The molecule has 3 aromatic rings. The first-order chi connectivity index (χ1) is 14.5. The van der Waals surface area contributed by atoms with Crippen LogP contribution in [0, 0.1) is 0 Å². The van der Waals surface area contributed by atoms with Crippen LogP contribution in [0.1, 0.15) is 12.0 Å². The molecule has 4 rings (SSSR count). The first kappa shape index (κ1) is 19.8. The van der Waals surface area contributed by atoms with Gasteiger partial charge in [-0.1, -0.05) is 30.3 Å². The highest BCUT2D eigenvalue weighted by molar-refractivity contribution is 5.98. The lowest BCUT2D eigenvalue weighted by molar-refractivity contribution is -0.130. The summed E-state index contributed by atoms with van der Waals surface area (Å²) in [4.78, 5) is 28.3. The highest BCUT2D eigenvalue weighted by Gasteiger charge is 2.25. The van der Waals surface area contributed by atoms with Gasteiger partial charge in [0, 0.05) is 26.6 Å². The Morgan fingerprint density at radius 2 is 1.87 bits per heavy atom. The van der Waals surface area contributed by atoms with Gasteiger partial charge in [-0.2, -0.15) is 0 Å². The molecular formula is C24H24N2O4. The van der Waals surface area contributed by atoms with Crippen molar-refractivity contribution in [2.45, 2.75) is 13.0 Å². The third-order valence-electron chi connectivity index (χ3n) is 5.31. The van der Waals surface area contributed by atoms with Crippen LogP contribution in [0.5, 0.6) is 11.5 Å². The molecule has 0 aliphatic carbocycles. The predicted molar refractivity (Wildman–Crippen MR) is 116 cm³/mol. The summed E-state index contributed by atoms with van der Waals surface area (Å²) < 4.78 is 10.7. The second kappa shape index (κ2) is 8.45. The number of ether oxygens (including phenoxy) is 2. The van der Waals surface area contributed by atoms with Crippen molar-refractivity contribution in [2.75, 3.05) is 32.2 Å². The molecule has 6 nitrogen and oxygen atoms in total. The maximum Gasteiger partial charge on any atom is 0.265 e. The zero-order valence-corrected chi connectivity index (χ0v) is 17.1. The second-order valence-corrected chi connectivity index (χ2v) is 7.35. The summed E-state index contributed by atoms with van der Waals surface area (Å²) in [6.45, 7) is 0.845. The minimum Gasteiger partial charge on any atom is -0.497 e. The van der Waals surface area contributed by atoms with E-state index < -0.39 is 0 Å². The van der Waals surface area contributed by atoms with Gasteiger partial charge in [0.1, 0.15) is 11.5 Å². The fourth-order valence-electron chi connectivity index (χ4n) is 3.66. The molecule has 0 aromatic heterocycles. The monoisotopic (exact) mass is 404 g/mol. The van der Waals surface area contributed by atoms with Crippen LogP contribution in [-0.4, -0.2) is 44.0 Å². The lowest BCUT2D eigenvalue weighted by Gasteiger charge is -2.29. The predicted octanol–water partition coefficient (Wildman–Crippen LogP) is 3.62. The van der Waals surface area contributed by atoms with E-state index >= 15 is 0 Å². The average molecular weight is 404 g/mol. The number of amides is 2. The molecule has 0 spiro atoms. The lowest BCUT2D eigenvalue weighted by atomic mass is 10.1. The zero-order chi connectivity index (χ0) is 21.1. The van der Waals surface area contributed by atoms with Crippen LogP contribution in [0.2, 0.25) is 0 Å². The van der Waals surface area contributed by atoms with E-state index in [0.717, 1.165) is 22.1 Å². The van der Waals surface area contributed by atoms with Crippen molar-refractivity contribution in [1.82, 2.24) is 4.90 Å². The lowest BCUT2D eigenvalue weighted by Crippen LogP contribution is -2.41. The Labute approximate surface area is 175 Å². The smallest absolute Gasteiger partial charge is 0.265 e. The molecule has 3 aromatic carbocycles. The molecule has 1 heterocycles. The molecule has 0 bridgehead atoms. The molecule has 0 N–H and O–H groups in total. The molecule has 30 heavy (non-hydrogen) atoms. The summed E-state index contributed by atoms with van der Waals surface area (Å²) in [5.74, 6) is 1.35. The number of nitrogens with zero attached hydrogens (tertiary/aromatic N) is 2. The van der Waals surface area contributed by atoms with Crippen LogP contribution in [0.4, 0.5) is 5.69 Å². The van der Waals surface area contributed by atoms with Crippen molar-refractivity contribution >= 4 is 28.3 Å². The molecule has 0 saturated heterocycles. The van der Waals surface area contributed by atoms with E-state index in [9.17, 15) is 9.59 Å². The SMILES string of the molecule is COc1ccc2cc(CN(C)C(=O)CCN3C(=O)COc4ccccc43)ccc2c1. The molecule has 154 valence electrons. The summed E-state index contributed by atoms with van der Waals surface area (Å²) in [5, 5.41) is 2.20. The maximum atomic E-state index is 12.7. The van der Waals surface area contributed by atoms with Crippen LogP contribution in [0.25, 0.3) is 10.8 Å². The third kappa shape index (κ3) is 4.08. The number of hydrogen-bond donors (Lipinski definition) is 0.